The van der Waals surface area contributed by atoms with Gasteiger partial charge >= 0.3 is 0 Å². The first-order valence-corrected chi connectivity index (χ1v) is 5.01. The van der Waals surface area contributed by atoms with Crippen LogP contribution >= 0.6 is 0 Å². The van der Waals surface area contributed by atoms with Gasteiger partial charge in [0.1, 0.15) is 17.2 Å². The van der Waals surface area contributed by atoms with Crippen molar-refractivity contribution < 1.29 is 15.0 Å². The van der Waals surface area contributed by atoms with E-state index in [9.17, 15) is 9.90 Å². The van der Waals surface area contributed by atoms with Crippen LogP contribution < -0.4 is 5.43 Å². The van der Waals surface area contributed by atoms with Gasteiger partial charge in [-0.05, 0) is 18.2 Å². The quantitative estimate of drug-likeness (QED) is 0.469. The van der Waals surface area contributed by atoms with Crippen LogP contribution in [0.15, 0.2) is 35.6 Å². The smallest absolute Gasteiger partial charge is 0.289 e. The lowest BCUT2D eigenvalue weighted by Crippen LogP contribution is -2.17. The average molecular weight is 246 g/mol. The van der Waals surface area contributed by atoms with Crippen LogP contribution in [0.2, 0.25) is 0 Å². The minimum Gasteiger partial charge on any atom is -0.508 e. The molecule has 1 heterocycles. The van der Waals surface area contributed by atoms with Crippen molar-refractivity contribution in [2.24, 2.45) is 5.10 Å². The highest BCUT2D eigenvalue weighted by atomic mass is 16.3. The summed E-state index contributed by atoms with van der Waals surface area (Å²) in [5.74, 6) is -0.622. The van der Waals surface area contributed by atoms with Gasteiger partial charge in [0.05, 0.1) is 6.21 Å². The van der Waals surface area contributed by atoms with Crippen molar-refractivity contribution in [2.45, 2.75) is 0 Å². The summed E-state index contributed by atoms with van der Waals surface area (Å²) in [5, 5.41) is 28.3. The third-order valence-corrected chi connectivity index (χ3v) is 2.13. The number of amides is 1. The van der Waals surface area contributed by atoms with Crippen LogP contribution in [-0.2, 0) is 0 Å². The molecule has 0 aliphatic heterocycles. The van der Waals surface area contributed by atoms with Gasteiger partial charge in [-0.1, -0.05) is 0 Å². The van der Waals surface area contributed by atoms with Crippen molar-refractivity contribution in [1.82, 2.24) is 15.6 Å². The molecule has 18 heavy (non-hydrogen) atoms. The summed E-state index contributed by atoms with van der Waals surface area (Å²) in [4.78, 5) is 11.4. The van der Waals surface area contributed by atoms with Gasteiger partial charge in [-0.25, -0.2) is 5.43 Å². The fraction of sp³-hybridized carbons (Fsp3) is 0. The summed E-state index contributed by atoms with van der Waals surface area (Å²) < 4.78 is 0. The van der Waals surface area contributed by atoms with Crippen LogP contribution in [0, 0.1) is 0 Å². The maximum atomic E-state index is 11.4. The molecule has 1 aromatic carbocycles. The van der Waals surface area contributed by atoms with Crippen molar-refractivity contribution in [1.29, 1.82) is 0 Å². The number of phenols is 2. The number of H-pyrrole nitrogens is 1. The van der Waals surface area contributed by atoms with Crippen LogP contribution in [0.4, 0.5) is 0 Å². The summed E-state index contributed by atoms with van der Waals surface area (Å²) >= 11 is 0. The number of carbonyl (C=O) groups excluding carboxylic acids is 1. The first-order valence-electron chi connectivity index (χ1n) is 5.01. The van der Waals surface area contributed by atoms with Crippen LogP contribution in [0.5, 0.6) is 11.5 Å². The number of hydrogen-bond donors (Lipinski definition) is 4. The summed E-state index contributed by atoms with van der Waals surface area (Å²) in [6.45, 7) is 0. The molecule has 0 saturated heterocycles. The standard InChI is InChI=1S/C11H10N4O3/c16-8-2-1-7(10(17)5-8)6-13-15-11(18)9-3-4-12-14-9/h1-6,16-17H,(H,12,14)(H,15,18). The molecule has 0 fully saturated rings. The molecular formula is C11H10N4O3. The van der Waals surface area contributed by atoms with E-state index in [2.05, 4.69) is 20.7 Å². The number of rotatable bonds is 3. The molecule has 2 aromatic rings. The van der Waals surface area contributed by atoms with Crippen LogP contribution in [-0.4, -0.2) is 32.5 Å². The van der Waals surface area contributed by atoms with Gasteiger partial charge in [0.25, 0.3) is 5.91 Å². The van der Waals surface area contributed by atoms with Gasteiger partial charge in [-0.2, -0.15) is 10.2 Å². The molecule has 0 spiro atoms. The van der Waals surface area contributed by atoms with E-state index in [4.69, 9.17) is 5.11 Å². The normalized spacial score (nSPS) is 10.7. The summed E-state index contributed by atoms with van der Waals surface area (Å²) in [6.07, 6.45) is 2.72. The molecule has 1 amide bonds. The zero-order chi connectivity index (χ0) is 13.0. The van der Waals surface area contributed by atoms with Crippen molar-refractivity contribution >= 4 is 12.1 Å². The van der Waals surface area contributed by atoms with E-state index in [-0.39, 0.29) is 17.2 Å². The number of hydrazone groups is 1. The highest BCUT2D eigenvalue weighted by Gasteiger charge is 2.04. The Morgan fingerprint density at radius 1 is 1.39 bits per heavy atom. The molecule has 4 N–H and O–H groups in total. The first-order chi connectivity index (χ1) is 8.66. The van der Waals surface area contributed by atoms with E-state index in [1.54, 1.807) is 0 Å². The van der Waals surface area contributed by atoms with Crippen molar-refractivity contribution in [3.05, 3.63) is 41.7 Å². The van der Waals surface area contributed by atoms with E-state index in [0.29, 0.717) is 5.56 Å². The second-order valence-corrected chi connectivity index (χ2v) is 3.41. The Hall–Kier alpha value is -2.83. The maximum Gasteiger partial charge on any atom is 0.289 e. The van der Waals surface area contributed by atoms with Crippen molar-refractivity contribution in [3.8, 4) is 11.5 Å². The highest BCUT2D eigenvalue weighted by molar-refractivity contribution is 5.93. The number of carbonyl (C=O) groups is 1. The van der Waals surface area contributed by atoms with Gasteiger partial charge in [0, 0.05) is 17.8 Å². The van der Waals surface area contributed by atoms with Gasteiger partial charge in [0.15, 0.2) is 0 Å². The fourth-order valence-electron chi connectivity index (χ4n) is 1.24. The Morgan fingerprint density at radius 2 is 2.22 bits per heavy atom. The van der Waals surface area contributed by atoms with Crippen LogP contribution in [0.25, 0.3) is 0 Å². The second-order valence-electron chi connectivity index (χ2n) is 3.41. The molecule has 92 valence electrons. The summed E-state index contributed by atoms with van der Waals surface area (Å²) in [6, 6.07) is 5.55. The lowest BCUT2D eigenvalue weighted by molar-refractivity contribution is 0.0950. The number of benzene rings is 1. The third-order valence-electron chi connectivity index (χ3n) is 2.13. The molecule has 0 aliphatic rings. The number of phenolic OH excluding ortho intramolecular Hbond substituents is 2. The van der Waals surface area contributed by atoms with Gasteiger partial charge in [-0.3, -0.25) is 9.89 Å². The maximum absolute atomic E-state index is 11.4. The monoisotopic (exact) mass is 246 g/mol. The van der Waals surface area contributed by atoms with Gasteiger partial charge < -0.3 is 10.2 Å². The molecular weight excluding hydrogens is 236 g/mol. The molecule has 0 saturated carbocycles. The number of aromatic hydroxyl groups is 2. The number of aromatic nitrogens is 2. The summed E-state index contributed by atoms with van der Waals surface area (Å²) in [7, 11) is 0. The Balaban J connectivity index is 2.01. The minimum absolute atomic E-state index is 0.0499. The van der Waals surface area contributed by atoms with Crippen molar-refractivity contribution in [3.63, 3.8) is 0 Å². The van der Waals surface area contributed by atoms with E-state index < -0.39 is 5.91 Å². The minimum atomic E-state index is -0.443. The number of hydrogen-bond acceptors (Lipinski definition) is 5. The lowest BCUT2D eigenvalue weighted by Gasteiger charge is -1.99. The summed E-state index contributed by atoms with van der Waals surface area (Å²) in [5.41, 5.74) is 2.91. The number of aromatic amines is 1. The second kappa shape index (κ2) is 5.00. The topological polar surface area (TPSA) is 111 Å². The molecule has 0 bridgehead atoms. The predicted octanol–water partition coefficient (Wildman–Crippen LogP) is 0.585. The fourth-order valence-corrected chi connectivity index (χ4v) is 1.24. The molecule has 0 atom stereocenters. The molecule has 0 radical (unpaired) electrons. The molecule has 7 heteroatoms. The number of nitrogens with zero attached hydrogens (tertiary/aromatic N) is 2. The molecule has 0 aliphatic carbocycles. The van der Waals surface area contributed by atoms with E-state index in [1.165, 1.54) is 36.7 Å². The van der Waals surface area contributed by atoms with E-state index >= 15 is 0 Å². The van der Waals surface area contributed by atoms with Gasteiger partial charge in [-0.15, -0.1) is 0 Å². The number of nitrogens with one attached hydrogen (secondary N) is 2. The first kappa shape index (κ1) is 11.6. The predicted molar refractivity (Wildman–Crippen MR) is 63.4 cm³/mol. The Labute approximate surface area is 102 Å². The Morgan fingerprint density at radius 3 is 2.89 bits per heavy atom. The SMILES string of the molecule is O=C(NN=Cc1ccc(O)cc1O)c1ccn[nH]1. The molecule has 0 unspecified atom stereocenters. The van der Waals surface area contributed by atoms with Crippen molar-refractivity contribution in [2.75, 3.05) is 0 Å². The van der Waals surface area contributed by atoms with Crippen LogP contribution in [0.3, 0.4) is 0 Å². The molecule has 2 rings (SSSR count). The largest absolute Gasteiger partial charge is 0.508 e. The lowest BCUT2D eigenvalue weighted by atomic mass is 10.2. The third kappa shape index (κ3) is 2.64. The highest BCUT2D eigenvalue weighted by Crippen LogP contribution is 2.20. The molecule has 1 aromatic heterocycles. The Bertz CT molecular complexity index is 578. The van der Waals surface area contributed by atoms with E-state index in [0.717, 1.165) is 0 Å². The zero-order valence-corrected chi connectivity index (χ0v) is 9.16. The average Bonchev–Trinajstić information content (AvgIpc) is 2.85. The van der Waals surface area contributed by atoms with Gasteiger partial charge in [0.2, 0.25) is 0 Å². The molecule has 7 nitrogen and oxygen atoms in total. The van der Waals surface area contributed by atoms with E-state index in [1.807, 2.05) is 0 Å². The Kier molecular flexibility index (Phi) is 3.24. The van der Waals surface area contributed by atoms with Crippen LogP contribution in [0.1, 0.15) is 16.1 Å². The zero-order valence-electron chi connectivity index (χ0n) is 9.16.